The third-order valence-corrected chi connectivity index (χ3v) is 6.72. The van der Waals surface area contributed by atoms with E-state index in [1.165, 1.54) is 12.6 Å². The summed E-state index contributed by atoms with van der Waals surface area (Å²) >= 11 is 0. The summed E-state index contributed by atoms with van der Waals surface area (Å²) in [5, 5.41) is 14.6. The Hall–Kier alpha value is -2.71. The van der Waals surface area contributed by atoms with E-state index >= 15 is 0 Å². The van der Waals surface area contributed by atoms with Gasteiger partial charge >= 0.3 is 0 Å². The Kier molecular flexibility index (Phi) is 7.75. The molecule has 2 saturated heterocycles. The van der Waals surface area contributed by atoms with Gasteiger partial charge in [-0.25, -0.2) is 13.9 Å². The van der Waals surface area contributed by atoms with Crippen molar-refractivity contribution in [1.29, 1.82) is 0 Å². The molecule has 2 amide bonds. The van der Waals surface area contributed by atoms with E-state index in [9.17, 15) is 18.0 Å². The van der Waals surface area contributed by atoms with Gasteiger partial charge in [-0.2, -0.15) is 0 Å². The zero-order chi connectivity index (χ0) is 22.4. The molecule has 10 heteroatoms. The molecule has 2 heterocycles. The second-order valence-electron chi connectivity index (χ2n) is 6.89. The first-order chi connectivity index (χ1) is 14.3. The largest absolute Gasteiger partial charge is 0.373 e. The lowest BCUT2D eigenvalue weighted by atomic mass is 9.95. The van der Waals surface area contributed by atoms with Crippen LogP contribution in [0.2, 0.25) is 0 Å². The van der Waals surface area contributed by atoms with Gasteiger partial charge in [0, 0.05) is 37.2 Å². The molecule has 30 heavy (non-hydrogen) atoms. The molecular weight excluding hydrogens is 410 g/mol. The maximum absolute atomic E-state index is 12.6. The second kappa shape index (κ2) is 9.86. The quantitative estimate of drug-likeness (QED) is 0.212. The maximum Gasteiger partial charge on any atom is 0.268 e. The molecule has 0 saturated carbocycles. The number of carbonyl (C=O) groups is 2. The van der Waals surface area contributed by atoms with Crippen LogP contribution in [-0.4, -0.2) is 68.8 Å². The van der Waals surface area contributed by atoms with Gasteiger partial charge in [-0.1, -0.05) is 11.8 Å². The number of rotatable bonds is 5. The van der Waals surface area contributed by atoms with Gasteiger partial charge in [0.05, 0.1) is 11.5 Å². The van der Waals surface area contributed by atoms with Gasteiger partial charge in [-0.15, -0.1) is 13.2 Å². The summed E-state index contributed by atoms with van der Waals surface area (Å²) in [6.45, 7) is 7.75. The summed E-state index contributed by atoms with van der Waals surface area (Å²) < 4.78 is 28.4. The zero-order valence-electron chi connectivity index (χ0n) is 16.6. The molecule has 0 spiro atoms. The molecule has 3 rings (SSSR count). The highest BCUT2D eigenvalue weighted by atomic mass is 32.2. The number of sulfone groups is 1. The number of ether oxygens (including phenoxy) is 1. The van der Waals surface area contributed by atoms with Crippen LogP contribution in [0.4, 0.5) is 0 Å². The molecule has 2 aliphatic heterocycles. The molecule has 1 aromatic carbocycles. The first-order valence-electron chi connectivity index (χ1n) is 9.11. The summed E-state index contributed by atoms with van der Waals surface area (Å²) in [6.07, 6.45) is 0. The third kappa shape index (κ3) is 5.25. The van der Waals surface area contributed by atoms with Crippen molar-refractivity contribution in [3.63, 3.8) is 0 Å². The van der Waals surface area contributed by atoms with Crippen molar-refractivity contribution in [3.05, 3.63) is 48.6 Å². The van der Waals surface area contributed by atoms with E-state index in [0.29, 0.717) is 5.92 Å². The molecule has 4 N–H and O–H groups in total. The molecule has 1 atom stereocenters. The van der Waals surface area contributed by atoms with Crippen LogP contribution in [0, 0.1) is 17.8 Å². The van der Waals surface area contributed by atoms with Crippen LogP contribution in [-0.2, 0) is 19.4 Å². The van der Waals surface area contributed by atoms with Crippen LogP contribution in [0.15, 0.2) is 37.4 Å². The number of hydrogen-bond acceptors (Lipinski definition) is 7. The summed E-state index contributed by atoms with van der Waals surface area (Å²) in [5.41, 5.74) is 1.05. The van der Waals surface area contributed by atoms with Crippen LogP contribution in [0.25, 0.3) is 0 Å². The van der Waals surface area contributed by atoms with E-state index in [-0.39, 0.29) is 5.56 Å². The minimum Gasteiger partial charge on any atom is -0.373 e. The lowest BCUT2D eigenvalue weighted by Gasteiger charge is -2.44. The standard InChI is InChI=1S/C18H21N3O6S.C2H4/c1-27-18(10-28(25,26)11-18)15(17(23)21-24)20-16(22)14-6-4-12(5-7-14)2-3-13-8-19-9-13;1-2/h4-7,13,15,19,24H,8-11H2,1H3,(H,20,22)(H,21,23);1-2H2. The number of hydroxylamine groups is 1. The fourth-order valence-corrected chi connectivity index (χ4v) is 5.07. The van der Waals surface area contributed by atoms with Crippen LogP contribution in [0.1, 0.15) is 15.9 Å². The van der Waals surface area contributed by atoms with Gasteiger partial charge in [0.25, 0.3) is 11.8 Å². The van der Waals surface area contributed by atoms with E-state index in [1.807, 2.05) is 0 Å². The fourth-order valence-electron chi connectivity index (χ4n) is 3.10. The highest BCUT2D eigenvalue weighted by Gasteiger charge is 2.57. The molecule has 0 aromatic heterocycles. The molecular formula is C20H25N3O6S. The number of carbonyl (C=O) groups excluding carboxylic acids is 2. The highest BCUT2D eigenvalue weighted by Crippen LogP contribution is 2.31. The minimum absolute atomic E-state index is 0.264. The zero-order valence-corrected chi connectivity index (χ0v) is 17.4. The Labute approximate surface area is 175 Å². The molecule has 1 unspecified atom stereocenters. The van der Waals surface area contributed by atoms with Crippen molar-refractivity contribution in [2.45, 2.75) is 11.6 Å². The van der Waals surface area contributed by atoms with Crippen molar-refractivity contribution < 1.29 is 28.0 Å². The van der Waals surface area contributed by atoms with Gasteiger partial charge in [0.2, 0.25) is 0 Å². The molecule has 0 radical (unpaired) electrons. The van der Waals surface area contributed by atoms with E-state index in [1.54, 1.807) is 24.3 Å². The number of hydrogen-bond donors (Lipinski definition) is 4. The second-order valence-corrected chi connectivity index (χ2v) is 8.95. The minimum atomic E-state index is -3.36. The van der Waals surface area contributed by atoms with Gasteiger partial charge in [0.1, 0.15) is 11.6 Å². The smallest absolute Gasteiger partial charge is 0.268 e. The first-order valence-corrected chi connectivity index (χ1v) is 10.9. The average molecular weight is 436 g/mol. The molecule has 0 bridgehead atoms. The number of methoxy groups -OCH3 is 1. The molecule has 162 valence electrons. The number of nitrogens with one attached hydrogen (secondary N) is 3. The molecule has 9 nitrogen and oxygen atoms in total. The summed E-state index contributed by atoms with van der Waals surface area (Å²) in [5.74, 6) is 4.08. The van der Waals surface area contributed by atoms with Gasteiger partial charge in [-0.3, -0.25) is 14.8 Å². The van der Waals surface area contributed by atoms with Crippen molar-refractivity contribution in [2.24, 2.45) is 5.92 Å². The average Bonchev–Trinajstić information content (AvgIpc) is 2.70. The Balaban J connectivity index is 0.00000155. The van der Waals surface area contributed by atoms with Crippen LogP contribution in [0.3, 0.4) is 0 Å². The highest BCUT2D eigenvalue weighted by molar-refractivity contribution is 7.93. The predicted octanol–water partition coefficient (Wildman–Crippen LogP) is -0.523. The van der Waals surface area contributed by atoms with Crippen LogP contribution >= 0.6 is 0 Å². The molecule has 2 aliphatic rings. The van der Waals surface area contributed by atoms with Gasteiger partial charge in [-0.05, 0) is 24.3 Å². The first kappa shape index (κ1) is 23.6. The summed E-state index contributed by atoms with van der Waals surface area (Å²) in [6, 6.07) is 5.13. The van der Waals surface area contributed by atoms with Crippen molar-refractivity contribution in [3.8, 4) is 11.8 Å². The van der Waals surface area contributed by atoms with E-state index in [0.717, 1.165) is 18.7 Å². The molecule has 1 aromatic rings. The maximum atomic E-state index is 12.6. The van der Waals surface area contributed by atoms with Crippen molar-refractivity contribution >= 4 is 21.7 Å². The predicted molar refractivity (Wildman–Crippen MR) is 111 cm³/mol. The SMILES string of the molecule is C=C.COC1(C(NC(=O)c2ccc(C#CC3CNC3)cc2)C(=O)NO)CS(=O)(=O)C1. The van der Waals surface area contributed by atoms with Crippen molar-refractivity contribution in [1.82, 2.24) is 16.1 Å². The summed E-state index contributed by atoms with van der Waals surface area (Å²) in [7, 11) is -2.11. The molecule has 2 fully saturated rings. The molecule has 0 aliphatic carbocycles. The van der Waals surface area contributed by atoms with Gasteiger partial charge < -0.3 is 15.4 Å². The van der Waals surface area contributed by atoms with E-state index in [2.05, 4.69) is 35.6 Å². The Morgan fingerprint density at radius 3 is 2.30 bits per heavy atom. The van der Waals surface area contributed by atoms with E-state index < -0.39 is 44.8 Å². The third-order valence-electron chi connectivity index (χ3n) is 4.86. The monoisotopic (exact) mass is 435 g/mol. The lowest BCUT2D eigenvalue weighted by molar-refractivity contribution is -0.138. The van der Waals surface area contributed by atoms with Crippen LogP contribution in [0.5, 0.6) is 0 Å². The summed E-state index contributed by atoms with van der Waals surface area (Å²) in [4.78, 5) is 24.6. The van der Waals surface area contributed by atoms with Crippen LogP contribution < -0.4 is 16.1 Å². The topological polar surface area (TPSA) is 134 Å². The Bertz CT molecular complexity index is 933. The number of amides is 2. The number of benzene rings is 1. The van der Waals surface area contributed by atoms with Gasteiger partial charge in [0.15, 0.2) is 9.84 Å². The fraction of sp³-hybridized carbons (Fsp3) is 0.400. The Morgan fingerprint density at radius 1 is 1.27 bits per heavy atom. The lowest BCUT2D eigenvalue weighted by Crippen LogP contribution is -2.71. The van der Waals surface area contributed by atoms with Crippen molar-refractivity contribution in [2.75, 3.05) is 31.7 Å². The normalized spacial score (nSPS) is 19.3. The van der Waals surface area contributed by atoms with E-state index in [4.69, 9.17) is 9.94 Å². The Morgan fingerprint density at radius 2 is 1.87 bits per heavy atom.